The first-order chi connectivity index (χ1) is 9.13. The highest BCUT2D eigenvalue weighted by Gasteiger charge is 2.07. The maximum atomic E-state index is 5.45. The summed E-state index contributed by atoms with van der Waals surface area (Å²) in [5, 5.41) is 3.49. The van der Waals surface area contributed by atoms with Crippen LogP contribution >= 0.6 is 0 Å². The molecule has 0 radical (unpaired) electrons. The van der Waals surface area contributed by atoms with E-state index in [-0.39, 0.29) is 0 Å². The topological polar surface area (TPSA) is 21.3 Å². The number of ether oxygens (including phenoxy) is 1. The van der Waals surface area contributed by atoms with Gasteiger partial charge in [-0.05, 0) is 43.5 Å². The zero-order chi connectivity index (χ0) is 13.8. The maximum Gasteiger partial charge on any atom is 0.126 e. The van der Waals surface area contributed by atoms with Crippen LogP contribution in [0.2, 0.25) is 0 Å². The third-order valence-electron chi connectivity index (χ3n) is 3.54. The van der Waals surface area contributed by atoms with Gasteiger partial charge in [-0.25, -0.2) is 0 Å². The minimum Gasteiger partial charge on any atom is -0.496 e. The largest absolute Gasteiger partial charge is 0.496 e. The predicted molar refractivity (Wildman–Crippen MR) is 81.0 cm³/mol. The minimum absolute atomic E-state index is 0.833. The highest BCUT2D eigenvalue weighted by atomic mass is 16.5. The van der Waals surface area contributed by atoms with Crippen molar-refractivity contribution in [1.82, 2.24) is 0 Å². The van der Waals surface area contributed by atoms with Crippen LogP contribution in [-0.2, 0) is 6.54 Å². The lowest BCUT2D eigenvalue weighted by Gasteiger charge is -2.15. The second-order valence-electron chi connectivity index (χ2n) is 4.87. The van der Waals surface area contributed by atoms with Gasteiger partial charge in [-0.3, -0.25) is 0 Å². The van der Waals surface area contributed by atoms with Crippen molar-refractivity contribution in [1.29, 1.82) is 0 Å². The fourth-order valence-electron chi connectivity index (χ4n) is 2.33. The fourth-order valence-corrected chi connectivity index (χ4v) is 2.33. The first kappa shape index (κ1) is 13.5. The second kappa shape index (κ2) is 5.79. The van der Waals surface area contributed by atoms with Crippen LogP contribution in [0.4, 0.5) is 5.69 Å². The molecule has 0 fully saturated rings. The van der Waals surface area contributed by atoms with E-state index in [1.807, 2.05) is 0 Å². The van der Waals surface area contributed by atoms with Crippen LogP contribution in [-0.4, -0.2) is 7.11 Å². The van der Waals surface area contributed by atoms with Gasteiger partial charge in [-0.1, -0.05) is 30.3 Å². The first-order valence-corrected chi connectivity index (χ1v) is 6.56. The molecule has 0 atom stereocenters. The van der Waals surface area contributed by atoms with Crippen molar-refractivity contribution in [3.63, 3.8) is 0 Å². The van der Waals surface area contributed by atoms with Gasteiger partial charge in [0.05, 0.1) is 7.11 Å². The lowest BCUT2D eigenvalue weighted by atomic mass is 10.1. The molecule has 2 rings (SSSR count). The van der Waals surface area contributed by atoms with Crippen molar-refractivity contribution < 1.29 is 4.74 Å². The van der Waals surface area contributed by atoms with Crippen LogP contribution in [0.15, 0.2) is 36.4 Å². The Hall–Kier alpha value is -1.96. The van der Waals surface area contributed by atoms with Gasteiger partial charge in [0.1, 0.15) is 5.75 Å². The zero-order valence-electron chi connectivity index (χ0n) is 12.1. The molecule has 0 saturated carbocycles. The van der Waals surface area contributed by atoms with Crippen LogP contribution in [0.25, 0.3) is 0 Å². The van der Waals surface area contributed by atoms with Gasteiger partial charge < -0.3 is 10.1 Å². The van der Waals surface area contributed by atoms with E-state index in [1.54, 1.807) is 7.11 Å². The predicted octanol–water partition coefficient (Wildman–Crippen LogP) is 4.23. The number of nitrogens with one attached hydrogen (secondary N) is 1. The average Bonchev–Trinajstić information content (AvgIpc) is 2.40. The quantitative estimate of drug-likeness (QED) is 0.882. The standard InChI is InChI=1S/C17H21NO/c1-12-7-5-6-8-15(12)11-18-16-10-9-13(2)17(19-4)14(16)3/h5-10,18H,11H2,1-4H3. The average molecular weight is 255 g/mol. The van der Waals surface area contributed by atoms with Gasteiger partial charge in [0.25, 0.3) is 0 Å². The molecular weight excluding hydrogens is 234 g/mol. The van der Waals surface area contributed by atoms with Gasteiger partial charge in [0.15, 0.2) is 0 Å². The number of rotatable bonds is 4. The molecule has 0 aliphatic carbocycles. The van der Waals surface area contributed by atoms with Crippen LogP contribution in [0, 0.1) is 20.8 Å². The number of anilines is 1. The molecule has 2 heteroatoms. The minimum atomic E-state index is 0.833. The van der Waals surface area contributed by atoms with Gasteiger partial charge >= 0.3 is 0 Å². The van der Waals surface area contributed by atoms with Crippen molar-refractivity contribution in [2.45, 2.75) is 27.3 Å². The summed E-state index contributed by atoms with van der Waals surface area (Å²) in [6.45, 7) is 7.13. The monoisotopic (exact) mass is 255 g/mol. The van der Waals surface area contributed by atoms with Gasteiger partial charge in [-0.2, -0.15) is 0 Å². The van der Waals surface area contributed by atoms with E-state index in [0.717, 1.165) is 23.5 Å². The van der Waals surface area contributed by atoms with E-state index >= 15 is 0 Å². The van der Waals surface area contributed by atoms with E-state index in [1.165, 1.54) is 16.7 Å². The summed E-state index contributed by atoms with van der Waals surface area (Å²) in [6, 6.07) is 12.6. The molecule has 0 bridgehead atoms. The van der Waals surface area contributed by atoms with Crippen LogP contribution in [0.1, 0.15) is 22.3 Å². The third kappa shape index (κ3) is 2.90. The van der Waals surface area contributed by atoms with Crippen molar-refractivity contribution in [3.8, 4) is 5.75 Å². The molecule has 0 aliphatic rings. The Balaban J connectivity index is 2.19. The maximum absolute atomic E-state index is 5.45. The summed E-state index contributed by atoms with van der Waals surface area (Å²) in [4.78, 5) is 0. The number of hydrogen-bond acceptors (Lipinski definition) is 2. The van der Waals surface area contributed by atoms with Gasteiger partial charge in [-0.15, -0.1) is 0 Å². The summed E-state index contributed by atoms with van der Waals surface area (Å²) < 4.78 is 5.45. The molecule has 19 heavy (non-hydrogen) atoms. The number of methoxy groups -OCH3 is 1. The zero-order valence-corrected chi connectivity index (χ0v) is 12.1. The molecule has 0 aliphatic heterocycles. The van der Waals surface area contributed by atoms with E-state index in [9.17, 15) is 0 Å². The van der Waals surface area contributed by atoms with Gasteiger partial charge in [0.2, 0.25) is 0 Å². The fraction of sp³-hybridized carbons (Fsp3) is 0.294. The highest BCUT2D eigenvalue weighted by molar-refractivity contribution is 5.59. The summed E-state index contributed by atoms with van der Waals surface area (Å²) in [6.07, 6.45) is 0. The molecule has 0 saturated heterocycles. The molecule has 2 aromatic rings. The molecule has 2 nitrogen and oxygen atoms in total. The Labute approximate surface area is 115 Å². The molecular formula is C17H21NO. The van der Waals surface area contributed by atoms with E-state index < -0.39 is 0 Å². The van der Waals surface area contributed by atoms with Gasteiger partial charge in [0, 0.05) is 17.8 Å². The Morgan fingerprint density at radius 1 is 0.947 bits per heavy atom. The van der Waals surface area contributed by atoms with Crippen LogP contribution in [0.5, 0.6) is 5.75 Å². The van der Waals surface area contributed by atoms with Crippen LogP contribution < -0.4 is 10.1 Å². The third-order valence-corrected chi connectivity index (χ3v) is 3.54. The Kier molecular flexibility index (Phi) is 4.10. The normalized spacial score (nSPS) is 10.3. The van der Waals surface area contributed by atoms with Crippen molar-refractivity contribution in [2.75, 3.05) is 12.4 Å². The Bertz CT molecular complexity index is 575. The molecule has 0 amide bonds. The molecule has 2 aromatic carbocycles. The summed E-state index contributed by atoms with van der Waals surface area (Å²) in [7, 11) is 1.72. The molecule has 0 spiro atoms. The summed E-state index contributed by atoms with van der Waals surface area (Å²) in [5.74, 6) is 0.967. The summed E-state index contributed by atoms with van der Waals surface area (Å²) in [5.41, 5.74) is 6.09. The first-order valence-electron chi connectivity index (χ1n) is 6.56. The Morgan fingerprint density at radius 3 is 2.37 bits per heavy atom. The number of aryl methyl sites for hydroxylation is 2. The van der Waals surface area contributed by atoms with Crippen molar-refractivity contribution >= 4 is 5.69 Å². The highest BCUT2D eigenvalue weighted by Crippen LogP contribution is 2.29. The number of hydrogen-bond donors (Lipinski definition) is 1. The number of benzene rings is 2. The second-order valence-corrected chi connectivity index (χ2v) is 4.87. The molecule has 0 aromatic heterocycles. The molecule has 0 heterocycles. The smallest absolute Gasteiger partial charge is 0.126 e. The lowest BCUT2D eigenvalue weighted by Crippen LogP contribution is -2.04. The van der Waals surface area contributed by atoms with E-state index in [4.69, 9.17) is 4.74 Å². The lowest BCUT2D eigenvalue weighted by molar-refractivity contribution is 0.409. The van der Waals surface area contributed by atoms with E-state index in [2.05, 4.69) is 62.5 Å². The molecule has 1 N–H and O–H groups in total. The molecule has 100 valence electrons. The van der Waals surface area contributed by atoms with Crippen molar-refractivity contribution in [3.05, 3.63) is 58.7 Å². The molecule has 0 unspecified atom stereocenters. The van der Waals surface area contributed by atoms with Crippen molar-refractivity contribution in [2.24, 2.45) is 0 Å². The van der Waals surface area contributed by atoms with E-state index in [0.29, 0.717) is 0 Å². The SMILES string of the molecule is COc1c(C)ccc(NCc2ccccc2C)c1C. The Morgan fingerprint density at radius 2 is 1.68 bits per heavy atom. The van der Waals surface area contributed by atoms with Crippen LogP contribution in [0.3, 0.4) is 0 Å². The summed E-state index contributed by atoms with van der Waals surface area (Å²) >= 11 is 0.